The summed E-state index contributed by atoms with van der Waals surface area (Å²) in [6.45, 7) is 4.78. The van der Waals surface area contributed by atoms with Crippen molar-refractivity contribution in [1.82, 2.24) is 4.90 Å². The van der Waals surface area contributed by atoms with Gasteiger partial charge in [-0.05, 0) is 5.92 Å². The summed E-state index contributed by atoms with van der Waals surface area (Å²) in [5.74, 6) is -0.0445. The van der Waals surface area contributed by atoms with Crippen molar-refractivity contribution in [3.63, 3.8) is 0 Å². The number of nitrogens with zero attached hydrogens (tertiary/aromatic N) is 1. The lowest BCUT2D eigenvalue weighted by atomic mass is 10.1. The zero-order valence-corrected chi connectivity index (χ0v) is 8.36. The largest absolute Gasteiger partial charge is 0.469 e. The molecule has 14 heavy (non-hydrogen) atoms. The molecule has 4 heteroatoms. The minimum Gasteiger partial charge on any atom is -0.469 e. The quantitative estimate of drug-likeness (QED) is 0.489. The summed E-state index contributed by atoms with van der Waals surface area (Å²) in [5, 5.41) is 0. The van der Waals surface area contributed by atoms with Crippen LogP contribution in [0.5, 0.6) is 0 Å². The minimum atomic E-state index is -0.247. The Labute approximate surface area is 83.5 Å². The van der Waals surface area contributed by atoms with Crippen LogP contribution in [0.4, 0.5) is 0 Å². The molecule has 0 saturated carbocycles. The second-order valence-electron chi connectivity index (χ2n) is 3.44. The van der Waals surface area contributed by atoms with E-state index in [1.807, 2.05) is 0 Å². The highest BCUT2D eigenvalue weighted by molar-refractivity contribution is 5.80. The maximum Gasteiger partial charge on any atom is 0.305 e. The van der Waals surface area contributed by atoms with Crippen LogP contribution < -0.4 is 0 Å². The normalized spacial score (nSPS) is 21.1. The highest BCUT2D eigenvalue weighted by Crippen LogP contribution is 2.20. The number of hydrogen-bond acceptors (Lipinski definition) is 3. The second kappa shape index (κ2) is 4.79. The van der Waals surface area contributed by atoms with Gasteiger partial charge in [-0.3, -0.25) is 9.59 Å². The lowest BCUT2D eigenvalue weighted by molar-refractivity contribution is -0.141. The average molecular weight is 197 g/mol. The highest BCUT2D eigenvalue weighted by atomic mass is 16.5. The van der Waals surface area contributed by atoms with Gasteiger partial charge in [0, 0.05) is 19.5 Å². The van der Waals surface area contributed by atoms with Crippen LogP contribution >= 0.6 is 0 Å². The van der Waals surface area contributed by atoms with Crippen molar-refractivity contribution >= 4 is 11.9 Å². The van der Waals surface area contributed by atoms with E-state index in [2.05, 4.69) is 11.3 Å². The third-order valence-corrected chi connectivity index (χ3v) is 2.33. The summed E-state index contributed by atoms with van der Waals surface area (Å²) in [6.07, 6.45) is 2.47. The number of carbonyl (C=O) groups is 2. The van der Waals surface area contributed by atoms with E-state index in [-0.39, 0.29) is 17.8 Å². The van der Waals surface area contributed by atoms with Crippen molar-refractivity contribution < 1.29 is 14.3 Å². The van der Waals surface area contributed by atoms with Crippen LogP contribution in [-0.2, 0) is 14.3 Å². The van der Waals surface area contributed by atoms with Crippen LogP contribution in [0.1, 0.15) is 12.8 Å². The standard InChI is InChI=1S/C10H15NO3/c1-3-4-11-7-8(5-9(11)12)6-10(13)14-2/h3,8H,1,4-7H2,2H3. The third-order valence-electron chi connectivity index (χ3n) is 2.33. The summed E-state index contributed by atoms with van der Waals surface area (Å²) >= 11 is 0. The molecule has 0 spiro atoms. The molecule has 1 saturated heterocycles. The zero-order valence-electron chi connectivity index (χ0n) is 8.36. The van der Waals surface area contributed by atoms with E-state index in [9.17, 15) is 9.59 Å². The number of likely N-dealkylation sites (tertiary alicyclic amines) is 1. The summed E-state index contributed by atoms with van der Waals surface area (Å²) in [5.41, 5.74) is 0. The Hall–Kier alpha value is -1.32. The SMILES string of the molecule is C=CCN1CC(CC(=O)OC)CC1=O. The molecular weight excluding hydrogens is 182 g/mol. The zero-order chi connectivity index (χ0) is 10.6. The molecule has 0 aromatic heterocycles. The van der Waals surface area contributed by atoms with E-state index in [1.165, 1.54) is 7.11 Å². The van der Waals surface area contributed by atoms with E-state index >= 15 is 0 Å². The van der Waals surface area contributed by atoms with Gasteiger partial charge in [0.25, 0.3) is 0 Å². The van der Waals surface area contributed by atoms with Crippen molar-refractivity contribution in [1.29, 1.82) is 0 Å². The lowest BCUT2D eigenvalue weighted by Crippen LogP contribution is -2.25. The van der Waals surface area contributed by atoms with Crippen molar-refractivity contribution in [3.05, 3.63) is 12.7 Å². The maximum absolute atomic E-state index is 11.4. The van der Waals surface area contributed by atoms with E-state index in [1.54, 1.807) is 11.0 Å². The van der Waals surface area contributed by atoms with Crippen molar-refractivity contribution in [3.8, 4) is 0 Å². The van der Waals surface area contributed by atoms with Crippen LogP contribution in [0.2, 0.25) is 0 Å². The molecule has 4 nitrogen and oxygen atoms in total. The third kappa shape index (κ3) is 2.58. The summed E-state index contributed by atoms with van der Waals surface area (Å²) in [7, 11) is 1.36. The predicted octanol–water partition coefficient (Wildman–Crippen LogP) is 0.584. The molecule has 1 atom stereocenters. The molecule has 1 unspecified atom stereocenters. The Morgan fingerprint density at radius 1 is 1.79 bits per heavy atom. The van der Waals surface area contributed by atoms with Crippen molar-refractivity contribution in [2.75, 3.05) is 20.2 Å². The number of hydrogen-bond donors (Lipinski definition) is 0. The van der Waals surface area contributed by atoms with Crippen molar-refractivity contribution in [2.45, 2.75) is 12.8 Å². The topological polar surface area (TPSA) is 46.6 Å². The van der Waals surface area contributed by atoms with E-state index in [4.69, 9.17) is 0 Å². The lowest BCUT2D eigenvalue weighted by Gasteiger charge is -2.13. The first-order valence-corrected chi connectivity index (χ1v) is 4.63. The highest BCUT2D eigenvalue weighted by Gasteiger charge is 2.30. The molecule has 1 aliphatic heterocycles. The van der Waals surface area contributed by atoms with Gasteiger partial charge in [-0.25, -0.2) is 0 Å². The fourth-order valence-electron chi connectivity index (χ4n) is 1.64. The van der Waals surface area contributed by atoms with Gasteiger partial charge in [0.05, 0.1) is 13.5 Å². The first-order chi connectivity index (χ1) is 6.67. The Morgan fingerprint density at radius 3 is 3.07 bits per heavy atom. The van der Waals surface area contributed by atoms with Gasteiger partial charge in [-0.2, -0.15) is 0 Å². The molecule has 1 fully saturated rings. The van der Waals surface area contributed by atoms with Crippen LogP contribution in [-0.4, -0.2) is 37.0 Å². The molecule has 0 N–H and O–H groups in total. The molecule has 1 rings (SSSR count). The number of amides is 1. The van der Waals surface area contributed by atoms with E-state index in [0.29, 0.717) is 25.9 Å². The number of ether oxygens (including phenoxy) is 1. The van der Waals surface area contributed by atoms with Gasteiger partial charge in [-0.15, -0.1) is 6.58 Å². The van der Waals surface area contributed by atoms with Crippen LogP contribution in [0.25, 0.3) is 0 Å². The maximum atomic E-state index is 11.4. The fraction of sp³-hybridized carbons (Fsp3) is 0.600. The summed E-state index contributed by atoms with van der Waals surface area (Å²) < 4.78 is 4.55. The molecule has 1 amide bonds. The van der Waals surface area contributed by atoms with Gasteiger partial charge in [0.15, 0.2) is 0 Å². The first-order valence-electron chi connectivity index (χ1n) is 4.63. The summed E-state index contributed by atoms with van der Waals surface area (Å²) in [6, 6.07) is 0. The van der Waals surface area contributed by atoms with Crippen molar-refractivity contribution in [2.24, 2.45) is 5.92 Å². The molecule has 0 aromatic rings. The molecule has 0 aliphatic carbocycles. The number of rotatable bonds is 4. The Bertz CT molecular complexity index is 250. The Balaban J connectivity index is 2.42. The number of methoxy groups -OCH3 is 1. The summed E-state index contributed by atoms with van der Waals surface area (Å²) in [4.78, 5) is 24.0. The van der Waals surface area contributed by atoms with Crippen LogP contribution in [0.3, 0.4) is 0 Å². The number of carbonyl (C=O) groups excluding carboxylic acids is 2. The fourth-order valence-corrected chi connectivity index (χ4v) is 1.64. The smallest absolute Gasteiger partial charge is 0.305 e. The van der Waals surface area contributed by atoms with Gasteiger partial charge in [0.1, 0.15) is 0 Å². The monoisotopic (exact) mass is 197 g/mol. The Kier molecular flexibility index (Phi) is 3.68. The van der Waals surface area contributed by atoms with Gasteiger partial charge in [-0.1, -0.05) is 6.08 Å². The van der Waals surface area contributed by atoms with Crippen LogP contribution in [0.15, 0.2) is 12.7 Å². The molecule has 1 heterocycles. The second-order valence-corrected chi connectivity index (χ2v) is 3.44. The Morgan fingerprint density at radius 2 is 2.50 bits per heavy atom. The van der Waals surface area contributed by atoms with E-state index in [0.717, 1.165) is 0 Å². The minimum absolute atomic E-state index is 0.0961. The molecule has 1 aliphatic rings. The average Bonchev–Trinajstić information content (AvgIpc) is 2.47. The molecule has 0 aromatic carbocycles. The molecular formula is C10H15NO3. The van der Waals surface area contributed by atoms with Gasteiger partial charge >= 0.3 is 5.97 Å². The predicted molar refractivity (Wildman–Crippen MR) is 51.5 cm³/mol. The molecule has 0 radical (unpaired) electrons. The first kappa shape index (κ1) is 10.8. The van der Waals surface area contributed by atoms with Gasteiger partial charge in [0.2, 0.25) is 5.91 Å². The number of esters is 1. The van der Waals surface area contributed by atoms with Crippen LogP contribution in [0, 0.1) is 5.92 Å². The molecule has 78 valence electrons. The molecule has 0 bridgehead atoms. The van der Waals surface area contributed by atoms with E-state index < -0.39 is 0 Å². The van der Waals surface area contributed by atoms with Gasteiger partial charge < -0.3 is 9.64 Å².